The van der Waals surface area contributed by atoms with Gasteiger partial charge in [-0.15, -0.1) is 0 Å². The fraction of sp³-hybridized carbons (Fsp3) is 0.150. The Balaban J connectivity index is 1.93. The Kier molecular flexibility index (Phi) is 5.57. The third-order valence-corrected chi connectivity index (χ3v) is 4.31. The van der Waals surface area contributed by atoms with Gasteiger partial charge in [0.25, 0.3) is 5.91 Å². The number of rotatable bonds is 6. The summed E-state index contributed by atoms with van der Waals surface area (Å²) >= 11 is 6.01. The summed E-state index contributed by atoms with van der Waals surface area (Å²) in [5, 5.41) is 16.4. The monoisotopic (exact) mass is 384 g/mol. The molecule has 3 rings (SSSR count). The largest absolute Gasteiger partial charge is 0.481 e. The van der Waals surface area contributed by atoms with Gasteiger partial charge in [-0.3, -0.25) is 9.59 Å². The van der Waals surface area contributed by atoms with E-state index in [9.17, 15) is 14.7 Å². The maximum absolute atomic E-state index is 12.9. The summed E-state index contributed by atoms with van der Waals surface area (Å²) in [6, 6.07) is 15.2. The molecule has 27 heavy (non-hydrogen) atoms. The number of aromatic nitrogens is 1. The summed E-state index contributed by atoms with van der Waals surface area (Å²) < 4.78 is 5.21. The number of aryl methyl sites for hydroxylation is 1. The number of nitrogens with one attached hydrogen (secondary N) is 1. The first-order valence-corrected chi connectivity index (χ1v) is 8.63. The van der Waals surface area contributed by atoms with E-state index >= 15 is 0 Å². The first-order chi connectivity index (χ1) is 13.0. The number of amides is 1. The van der Waals surface area contributed by atoms with E-state index in [0.717, 1.165) is 5.56 Å². The zero-order valence-corrected chi connectivity index (χ0v) is 15.2. The van der Waals surface area contributed by atoms with Crippen LogP contribution in [0.2, 0.25) is 5.02 Å². The summed E-state index contributed by atoms with van der Waals surface area (Å²) in [4.78, 5) is 24.2. The first-order valence-electron chi connectivity index (χ1n) is 8.25. The number of hydrogen-bond acceptors (Lipinski definition) is 4. The molecule has 0 bridgehead atoms. The van der Waals surface area contributed by atoms with Crippen LogP contribution in [0, 0.1) is 6.92 Å². The average Bonchev–Trinajstić information content (AvgIpc) is 3.03. The van der Waals surface area contributed by atoms with E-state index in [0.29, 0.717) is 22.0 Å². The maximum atomic E-state index is 12.9. The van der Waals surface area contributed by atoms with Crippen LogP contribution < -0.4 is 5.32 Å². The molecule has 2 N–H and O–H groups in total. The Morgan fingerprint density at radius 3 is 2.59 bits per heavy atom. The number of hydrogen-bond donors (Lipinski definition) is 2. The average molecular weight is 385 g/mol. The highest BCUT2D eigenvalue weighted by Gasteiger charge is 2.25. The van der Waals surface area contributed by atoms with Crippen LogP contribution in [0.15, 0.2) is 59.1 Å². The minimum Gasteiger partial charge on any atom is -0.481 e. The van der Waals surface area contributed by atoms with Crippen molar-refractivity contribution < 1.29 is 19.2 Å². The van der Waals surface area contributed by atoms with E-state index in [2.05, 4.69) is 10.5 Å². The van der Waals surface area contributed by atoms with Crippen LogP contribution in [-0.4, -0.2) is 22.1 Å². The Hall–Kier alpha value is -3.12. The SMILES string of the molecule is Cc1onc(-c2ccccc2)c1C(=O)N[C@@H](CC(=O)O)c1cccc(Cl)c1. The molecule has 0 radical (unpaired) electrons. The molecule has 1 heterocycles. The molecule has 0 saturated carbocycles. The topological polar surface area (TPSA) is 92.4 Å². The van der Waals surface area contributed by atoms with Crippen molar-refractivity contribution in [2.75, 3.05) is 0 Å². The second-order valence-corrected chi connectivity index (χ2v) is 6.44. The number of halogens is 1. The van der Waals surface area contributed by atoms with Crippen LogP contribution in [0.4, 0.5) is 0 Å². The predicted molar refractivity (Wildman–Crippen MR) is 101 cm³/mol. The lowest BCUT2D eigenvalue weighted by molar-refractivity contribution is -0.137. The summed E-state index contributed by atoms with van der Waals surface area (Å²) in [5.41, 5.74) is 2.02. The lowest BCUT2D eigenvalue weighted by atomic mass is 10.0. The van der Waals surface area contributed by atoms with Crippen LogP contribution >= 0.6 is 11.6 Å². The van der Waals surface area contributed by atoms with Crippen LogP contribution in [0.1, 0.15) is 34.1 Å². The van der Waals surface area contributed by atoms with E-state index in [1.54, 1.807) is 31.2 Å². The van der Waals surface area contributed by atoms with Gasteiger partial charge in [-0.2, -0.15) is 0 Å². The zero-order chi connectivity index (χ0) is 19.4. The van der Waals surface area contributed by atoms with Gasteiger partial charge in [0.15, 0.2) is 0 Å². The summed E-state index contributed by atoms with van der Waals surface area (Å²) in [5.74, 6) is -1.14. The Labute approximate surface area is 160 Å². The van der Waals surface area contributed by atoms with E-state index in [1.165, 1.54) is 0 Å². The third-order valence-electron chi connectivity index (χ3n) is 4.07. The van der Waals surface area contributed by atoms with Gasteiger partial charge in [-0.1, -0.05) is 59.2 Å². The van der Waals surface area contributed by atoms with Crippen molar-refractivity contribution in [3.05, 3.63) is 76.5 Å². The highest BCUT2D eigenvalue weighted by Crippen LogP contribution is 2.27. The van der Waals surface area contributed by atoms with Crippen molar-refractivity contribution in [1.29, 1.82) is 0 Å². The second kappa shape index (κ2) is 8.05. The summed E-state index contributed by atoms with van der Waals surface area (Å²) in [6.07, 6.45) is -0.281. The van der Waals surface area contributed by atoms with Crippen molar-refractivity contribution >= 4 is 23.5 Å². The zero-order valence-electron chi connectivity index (χ0n) is 14.5. The number of nitrogens with zero attached hydrogens (tertiary/aromatic N) is 1. The number of carboxylic acids is 1. The predicted octanol–water partition coefficient (Wildman–Crippen LogP) is 4.25. The van der Waals surface area contributed by atoms with Crippen LogP contribution in [0.25, 0.3) is 11.3 Å². The smallest absolute Gasteiger partial charge is 0.305 e. The molecule has 2 aromatic carbocycles. The normalized spacial score (nSPS) is 11.8. The Morgan fingerprint density at radius 2 is 1.93 bits per heavy atom. The number of benzene rings is 2. The van der Waals surface area contributed by atoms with Gasteiger partial charge < -0.3 is 14.9 Å². The third kappa shape index (κ3) is 4.35. The van der Waals surface area contributed by atoms with Gasteiger partial charge in [0.2, 0.25) is 0 Å². The molecule has 0 aliphatic rings. The number of carbonyl (C=O) groups excluding carboxylic acids is 1. The number of aliphatic carboxylic acids is 1. The molecule has 0 fully saturated rings. The molecule has 0 spiro atoms. The van der Waals surface area contributed by atoms with Gasteiger partial charge >= 0.3 is 5.97 Å². The Morgan fingerprint density at radius 1 is 1.19 bits per heavy atom. The quantitative estimate of drug-likeness (QED) is 0.662. The van der Waals surface area contributed by atoms with Crippen molar-refractivity contribution in [1.82, 2.24) is 10.5 Å². The van der Waals surface area contributed by atoms with Crippen LogP contribution in [0.5, 0.6) is 0 Å². The number of carbonyl (C=O) groups is 2. The molecular formula is C20H17ClN2O4. The van der Waals surface area contributed by atoms with Crippen LogP contribution in [-0.2, 0) is 4.79 Å². The van der Waals surface area contributed by atoms with Crippen molar-refractivity contribution in [2.45, 2.75) is 19.4 Å². The Bertz CT molecular complexity index is 969. The van der Waals surface area contributed by atoms with E-state index in [-0.39, 0.29) is 12.0 Å². The van der Waals surface area contributed by atoms with Crippen molar-refractivity contribution in [3.8, 4) is 11.3 Å². The van der Waals surface area contributed by atoms with Gasteiger partial charge in [0.1, 0.15) is 17.0 Å². The highest BCUT2D eigenvalue weighted by atomic mass is 35.5. The molecule has 138 valence electrons. The lowest BCUT2D eigenvalue weighted by Crippen LogP contribution is -2.30. The summed E-state index contributed by atoms with van der Waals surface area (Å²) in [7, 11) is 0. The molecule has 1 aromatic heterocycles. The number of carboxylic acid groups (broad SMARTS) is 1. The molecule has 0 aliphatic carbocycles. The molecule has 0 aliphatic heterocycles. The molecule has 3 aromatic rings. The molecule has 7 heteroatoms. The van der Waals surface area contributed by atoms with E-state index < -0.39 is 17.9 Å². The first kappa shape index (κ1) is 18.7. The second-order valence-electron chi connectivity index (χ2n) is 6.01. The minimum absolute atomic E-state index is 0.276. The standard InChI is InChI=1S/C20H17ClN2O4/c1-12-18(19(23-27-12)13-6-3-2-4-7-13)20(26)22-16(11-17(24)25)14-8-5-9-15(21)10-14/h2-10,16H,11H2,1H3,(H,22,26)(H,24,25)/t16-/m0/s1. The van der Waals surface area contributed by atoms with Gasteiger partial charge in [0.05, 0.1) is 12.5 Å². The minimum atomic E-state index is -1.04. The molecule has 0 saturated heterocycles. The maximum Gasteiger partial charge on any atom is 0.305 e. The summed E-state index contributed by atoms with van der Waals surface area (Å²) in [6.45, 7) is 1.64. The fourth-order valence-electron chi connectivity index (χ4n) is 2.81. The van der Waals surface area contributed by atoms with Crippen LogP contribution in [0.3, 0.4) is 0 Å². The van der Waals surface area contributed by atoms with Crippen molar-refractivity contribution in [2.24, 2.45) is 0 Å². The van der Waals surface area contributed by atoms with Gasteiger partial charge in [0, 0.05) is 10.6 Å². The van der Waals surface area contributed by atoms with E-state index in [1.807, 2.05) is 30.3 Å². The molecule has 1 amide bonds. The van der Waals surface area contributed by atoms with E-state index in [4.69, 9.17) is 16.1 Å². The van der Waals surface area contributed by atoms with Gasteiger partial charge in [-0.25, -0.2) is 0 Å². The molecular weight excluding hydrogens is 368 g/mol. The van der Waals surface area contributed by atoms with Crippen molar-refractivity contribution in [3.63, 3.8) is 0 Å². The highest BCUT2D eigenvalue weighted by molar-refractivity contribution is 6.30. The molecule has 6 nitrogen and oxygen atoms in total. The molecule has 1 atom stereocenters. The fourth-order valence-corrected chi connectivity index (χ4v) is 3.01. The molecule has 0 unspecified atom stereocenters. The van der Waals surface area contributed by atoms with Gasteiger partial charge in [-0.05, 0) is 24.6 Å². The lowest BCUT2D eigenvalue weighted by Gasteiger charge is -2.18.